The summed E-state index contributed by atoms with van der Waals surface area (Å²) in [5, 5.41) is 6.14. The Hall–Kier alpha value is -3.76. The van der Waals surface area contributed by atoms with Gasteiger partial charge in [-0.3, -0.25) is 9.59 Å². The Kier molecular flexibility index (Phi) is 6.04. The lowest BCUT2D eigenvalue weighted by Crippen LogP contribution is -2.27. The third-order valence-electron chi connectivity index (χ3n) is 4.09. The van der Waals surface area contributed by atoms with Crippen molar-refractivity contribution in [3.05, 3.63) is 81.8 Å². The maximum Gasteiger partial charge on any atom is 0.416 e. The number of aryl methyl sites for hydroxylation is 1. The van der Waals surface area contributed by atoms with E-state index in [1.165, 1.54) is 37.3 Å². The second-order valence-electron chi connectivity index (χ2n) is 6.29. The van der Waals surface area contributed by atoms with Gasteiger partial charge in [-0.15, -0.1) is 0 Å². The van der Waals surface area contributed by atoms with Crippen LogP contribution in [-0.2, 0) is 6.18 Å². The summed E-state index contributed by atoms with van der Waals surface area (Å²) in [4.78, 5) is 24.9. The van der Waals surface area contributed by atoms with Gasteiger partial charge in [0.1, 0.15) is 5.75 Å². The Morgan fingerprint density at radius 2 is 1.81 bits per heavy atom. The predicted molar refractivity (Wildman–Crippen MR) is 101 cm³/mol. The Bertz CT molecular complexity index is 1180. The van der Waals surface area contributed by atoms with Crippen LogP contribution in [0.5, 0.6) is 5.75 Å². The molecule has 0 atom stereocenters. The van der Waals surface area contributed by atoms with Gasteiger partial charge in [0.25, 0.3) is 5.91 Å². The van der Waals surface area contributed by atoms with Crippen molar-refractivity contribution >= 4 is 11.6 Å². The zero-order chi connectivity index (χ0) is 22.8. The Morgan fingerprint density at radius 3 is 2.48 bits per heavy atom. The number of alkyl halides is 5. The number of benzene rings is 2. The lowest BCUT2D eigenvalue weighted by molar-refractivity contribution is -0.137. The molecule has 1 aromatic heterocycles. The van der Waals surface area contributed by atoms with E-state index in [0.29, 0.717) is 0 Å². The number of para-hydroxylation sites is 2. The van der Waals surface area contributed by atoms with Crippen molar-refractivity contribution in [2.75, 3.05) is 5.32 Å². The fourth-order valence-electron chi connectivity index (χ4n) is 2.73. The predicted octanol–water partition coefficient (Wildman–Crippen LogP) is 4.41. The van der Waals surface area contributed by atoms with Crippen LogP contribution >= 0.6 is 0 Å². The van der Waals surface area contributed by atoms with Crippen molar-refractivity contribution in [3.8, 4) is 11.4 Å². The highest BCUT2D eigenvalue weighted by molar-refractivity contribution is 6.03. The highest BCUT2D eigenvalue weighted by Gasteiger charge is 2.30. The van der Waals surface area contributed by atoms with E-state index >= 15 is 0 Å². The van der Waals surface area contributed by atoms with Gasteiger partial charge in [0.05, 0.1) is 16.9 Å². The summed E-state index contributed by atoms with van der Waals surface area (Å²) < 4.78 is 69.5. The van der Waals surface area contributed by atoms with Crippen LogP contribution in [0.3, 0.4) is 0 Å². The normalized spacial score (nSPS) is 11.5. The third-order valence-corrected chi connectivity index (χ3v) is 4.09. The minimum atomic E-state index is -4.60. The maximum atomic E-state index is 13.0. The smallest absolute Gasteiger partial charge is 0.416 e. The molecular formula is C20H14F5N3O3. The van der Waals surface area contributed by atoms with E-state index in [9.17, 15) is 31.5 Å². The second-order valence-corrected chi connectivity index (χ2v) is 6.29. The summed E-state index contributed by atoms with van der Waals surface area (Å²) in [6.07, 6.45) is -4.60. The molecule has 1 heterocycles. The first-order valence-electron chi connectivity index (χ1n) is 8.70. The number of ether oxygens (including phenoxy) is 1. The molecule has 3 aromatic rings. The second kappa shape index (κ2) is 8.54. The number of rotatable bonds is 5. The first-order valence-corrected chi connectivity index (χ1v) is 8.70. The summed E-state index contributed by atoms with van der Waals surface area (Å²) in [6.45, 7) is -1.71. The molecule has 0 fully saturated rings. The van der Waals surface area contributed by atoms with Crippen LogP contribution in [0.1, 0.15) is 21.7 Å². The standard InChI is InChI=1S/C20H14F5N3O3/c1-11-9-15(29)17(18(30)26-14-7-2-3-8-16(14)31-19(21)22)27-28(11)13-6-4-5-12(10-13)20(23,24)25/h2-10,19H,1H3,(H,26,30). The zero-order valence-corrected chi connectivity index (χ0v) is 15.8. The van der Waals surface area contributed by atoms with Crippen molar-refractivity contribution < 1.29 is 31.5 Å². The minimum Gasteiger partial charge on any atom is -0.433 e. The van der Waals surface area contributed by atoms with Gasteiger partial charge in [-0.2, -0.15) is 27.1 Å². The third kappa shape index (κ3) is 5.05. The van der Waals surface area contributed by atoms with Crippen LogP contribution in [-0.4, -0.2) is 22.3 Å². The molecular weight excluding hydrogens is 425 g/mol. The topological polar surface area (TPSA) is 73.2 Å². The van der Waals surface area contributed by atoms with Crippen LogP contribution < -0.4 is 15.5 Å². The maximum absolute atomic E-state index is 13.0. The molecule has 2 aromatic carbocycles. The summed E-state index contributed by atoms with van der Waals surface area (Å²) >= 11 is 0. The average molecular weight is 439 g/mol. The summed E-state index contributed by atoms with van der Waals surface area (Å²) in [7, 11) is 0. The van der Waals surface area contributed by atoms with E-state index in [0.717, 1.165) is 28.9 Å². The van der Waals surface area contributed by atoms with E-state index in [1.54, 1.807) is 0 Å². The monoisotopic (exact) mass is 439 g/mol. The molecule has 0 radical (unpaired) electrons. The number of anilines is 1. The van der Waals surface area contributed by atoms with Gasteiger partial charge in [0.2, 0.25) is 5.43 Å². The molecule has 6 nitrogen and oxygen atoms in total. The number of halogens is 5. The Balaban J connectivity index is 1.99. The molecule has 162 valence electrons. The fraction of sp³-hybridized carbons (Fsp3) is 0.150. The number of amides is 1. The summed E-state index contributed by atoms with van der Waals surface area (Å²) in [6, 6.07) is 10.5. The van der Waals surface area contributed by atoms with E-state index in [2.05, 4.69) is 15.2 Å². The largest absolute Gasteiger partial charge is 0.433 e. The molecule has 0 saturated heterocycles. The molecule has 0 unspecified atom stereocenters. The Morgan fingerprint density at radius 1 is 1.10 bits per heavy atom. The number of nitrogens with zero attached hydrogens (tertiary/aromatic N) is 2. The van der Waals surface area contributed by atoms with E-state index in [-0.39, 0.29) is 22.8 Å². The van der Waals surface area contributed by atoms with Crippen LogP contribution in [0.2, 0.25) is 0 Å². The zero-order valence-electron chi connectivity index (χ0n) is 15.8. The fourth-order valence-corrected chi connectivity index (χ4v) is 2.73. The van der Waals surface area contributed by atoms with Gasteiger partial charge >= 0.3 is 12.8 Å². The molecule has 3 rings (SSSR count). The van der Waals surface area contributed by atoms with Gasteiger partial charge in [0.15, 0.2) is 5.69 Å². The highest BCUT2D eigenvalue weighted by Crippen LogP contribution is 2.30. The minimum absolute atomic E-state index is 0.0252. The molecule has 0 aliphatic carbocycles. The Labute approximate surface area is 171 Å². The van der Waals surface area contributed by atoms with Gasteiger partial charge in [-0.25, -0.2) is 4.68 Å². The molecule has 1 amide bonds. The molecule has 31 heavy (non-hydrogen) atoms. The van der Waals surface area contributed by atoms with Crippen molar-refractivity contribution in [2.45, 2.75) is 19.7 Å². The first kappa shape index (κ1) is 21.9. The highest BCUT2D eigenvalue weighted by atomic mass is 19.4. The van der Waals surface area contributed by atoms with Crippen molar-refractivity contribution in [2.24, 2.45) is 0 Å². The molecule has 1 N–H and O–H groups in total. The van der Waals surface area contributed by atoms with Gasteiger partial charge in [-0.1, -0.05) is 18.2 Å². The van der Waals surface area contributed by atoms with Gasteiger partial charge in [0, 0.05) is 11.8 Å². The molecule has 0 bridgehead atoms. The van der Waals surface area contributed by atoms with Crippen LogP contribution in [0, 0.1) is 6.92 Å². The summed E-state index contributed by atoms with van der Waals surface area (Å²) in [5.41, 5.74) is -2.36. The molecule has 0 aliphatic rings. The van der Waals surface area contributed by atoms with Gasteiger partial charge in [-0.05, 0) is 37.3 Å². The SMILES string of the molecule is Cc1cc(=O)c(C(=O)Nc2ccccc2OC(F)F)nn1-c1cccc(C(F)(F)F)c1. The lowest BCUT2D eigenvalue weighted by atomic mass is 10.2. The van der Waals surface area contributed by atoms with Crippen LogP contribution in [0.4, 0.5) is 27.6 Å². The molecule has 0 spiro atoms. The number of hydrogen-bond acceptors (Lipinski definition) is 4. The van der Waals surface area contributed by atoms with E-state index in [1.807, 2.05) is 0 Å². The molecule has 0 aliphatic heterocycles. The number of carbonyl (C=O) groups is 1. The molecule has 0 saturated carbocycles. The quantitative estimate of drug-likeness (QED) is 0.598. The number of carbonyl (C=O) groups excluding carboxylic acids is 1. The summed E-state index contributed by atoms with van der Waals surface area (Å²) in [5.74, 6) is -1.38. The van der Waals surface area contributed by atoms with Crippen molar-refractivity contribution in [1.29, 1.82) is 0 Å². The van der Waals surface area contributed by atoms with Crippen LogP contribution in [0.15, 0.2) is 59.4 Å². The van der Waals surface area contributed by atoms with E-state index < -0.39 is 35.4 Å². The van der Waals surface area contributed by atoms with Gasteiger partial charge < -0.3 is 10.1 Å². The average Bonchev–Trinajstić information content (AvgIpc) is 2.68. The number of aromatic nitrogens is 2. The number of hydrogen-bond donors (Lipinski definition) is 1. The van der Waals surface area contributed by atoms with Crippen molar-refractivity contribution in [1.82, 2.24) is 9.78 Å². The van der Waals surface area contributed by atoms with Crippen molar-refractivity contribution in [3.63, 3.8) is 0 Å². The van der Waals surface area contributed by atoms with Crippen LogP contribution in [0.25, 0.3) is 5.69 Å². The molecule has 11 heteroatoms. The number of nitrogens with one attached hydrogen (secondary N) is 1. The van der Waals surface area contributed by atoms with E-state index in [4.69, 9.17) is 0 Å². The first-order chi connectivity index (χ1) is 14.6. The lowest BCUT2D eigenvalue weighted by Gasteiger charge is -2.14.